The molecular formula is C15H22N2. The molecule has 2 nitrogen and oxygen atoms in total. The van der Waals surface area contributed by atoms with Crippen LogP contribution < -0.4 is 5.32 Å². The van der Waals surface area contributed by atoms with E-state index < -0.39 is 0 Å². The number of rotatable bonds is 5. The molecule has 0 aliphatic carbocycles. The first-order valence-corrected chi connectivity index (χ1v) is 6.31. The molecule has 0 spiro atoms. The van der Waals surface area contributed by atoms with Crippen molar-refractivity contribution in [2.24, 2.45) is 5.92 Å². The van der Waals surface area contributed by atoms with Crippen molar-refractivity contribution in [2.45, 2.75) is 46.7 Å². The third-order valence-electron chi connectivity index (χ3n) is 3.58. The number of nitrogens with one attached hydrogen (secondary N) is 1. The van der Waals surface area contributed by atoms with Crippen molar-refractivity contribution in [3.05, 3.63) is 34.9 Å². The summed E-state index contributed by atoms with van der Waals surface area (Å²) in [5.74, 6) is 0.689. The Hall–Kier alpha value is -1.33. The van der Waals surface area contributed by atoms with Crippen molar-refractivity contribution >= 4 is 0 Å². The number of benzene rings is 1. The maximum atomic E-state index is 8.81. The fraction of sp³-hybridized carbons (Fsp3) is 0.533. The van der Waals surface area contributed by atoms with Gasteiger partial charge >= 0.3 is 0 Å². The van der Waals surface area contributed by atoms with Gasteiger partial charge in [-0.3, -0.25) is 0 Å². The summed E-state index contributed by atoms with van der Waals surface area (Å²) in [6.45, 7) is 9.65. The number of aryl methyl sites for hydroxylation is 1. The maximum absolute atomic E-state index is 8.81. The Morgan fingerprint density at radius 3 is 2.59 bits per heavy atom. The summed E-state index contributed by atoms with van der Waals surface area (Å²) in [7, 11) is 0. The predicted octanol–water partition coefficient (Wildman–Crippen LogP) is 3.39. The molecule has 2 atom stereocenters. The molecule has 0 fully saturated rings. The van der Waals surface area contributed by atoms with Gasteiger partial charge in [-0.1, -0.05) is 26.3 Å². The van der Waals surface area contributed by atoms with Crippen LogP contribution in [-0.4, -0.2) is 6.04 Å². The van der Waals surface area contributed by atoms with Gasteiger partial charge in [0.25, 0.3) is 0 Å². The minimum atomic E-state index is 0.523. The maximum Gasteiger partial charge on any atom is 0.0991 e. The van der Waals surface area contributed by atoms with Crippen molar-refractivity contribution in [2.75, 3.05) is 0 Å². The van der Waals surface area contributed by atoms with Crippen molar-refractivity contribution < 1.29 is 0 Å². The fourth-order valence-electron chi connectivity index (χ4n) is 1.79. The zero-order valence-corrected chi connectivity index (χ0v) is 11.2. The molecule has 92 valence electrons. The molecule has 2 heteroatoms. The molecular weight excluding hydrogens is 208 g/mol. The van der Waals surface area contributed by atoms with Crippen LogP contribution in [0.3, 0.4) is 0 Å². The molecule has 0 heterocycles. The van der Waals surface area contributed by atoms with E-state index in [0.717, 1.165) is 12.1 Å². The molecule has 0 aliphatic rings. The van der Waals surface area contributed by atoms with Gasteiger partial charge in [-0.2, -0.15) is 5.26 Å². The van der Waals surface area contributed by atoms with Crippen molar-refractivity contribution in [1.82, 2.24) is 5.32 Å². The first kappa shape index (κ1) is 13.7. The van der Waals surface area contributed by atoms with Crippen LogP contribution in [0.25, 0.3) is 0 Å². The van der Waals surface area contributed by atoms with Gasteiger partial charge in [0.2, 0.25) is 0 Å². The Morgan fingerprint density at radius 2 is 2.06 bits per heavy atom. The highest BCUT2D eigenvalue weighted by molar-refractivity contribution is 5.37. The van der Waals surface area contributed by atoms with E-state index in [2.05, 4.69) is 39.1 Å². The van der Waals surface area contributed by atoms with Gasteiger partial charge in [-0.15, -0.1) is 0 Å². The van der Waals surface area contributed by atoms with E-state index in [9.17, 15) is 0 Å². The molecule has 0 aliphatic heterocycles. The lowest BCUT2D eigenvalue weighted by molar-refractivity contribution is 0.389. The van der Waals surface area contributed by atoms with Crippen LogP contribution in [0, 0.1) is 24.2 Å². The van der Waals surface area contributed by atoms with Gasteiger partial charge in [-0.25, -0.2) is 0 Å². The molecule has 1 aromatic carbocycles. The summed E-state index contributed by atoms with van der Waals surface area (Å²) in [5, 5.41) is 12.4. The predicted molar refractivity (Wildman–Crippen MR) is 71.7 cm³/mol. The third-order valence-corrected chi connectivity index (χ3v) is 3.58. The Morgan fingerprint density at radius 1 is 1.35 bits per heavy atom. The highest BCUT2D eigenvalue weighted by Gasteiger charge is 2.09. The zero-order valence-electron chi connectivity index (χ0n) is 11.2. The first-order valence-electron chi connectivity index (χ1n) is 6.31. The van der Waals surface area contributed by atoms with Crippen molar-refractivity contribution in [3.8, 4) is 6.07 Å². The van der Waals surface area contributed by atoms with E-state index in [0.29, 0.717) is 12.0 Å². The second-order valence-electron chi connectivity index (χ2n) is 4.81. The lowest BCUT2D eigenvalue weighted by Gasteiger charge is -2.20. The van der Waals surface area contributed by atoms with Gasteiger partial charge in [0, 0.05) is 12.6 Å². The first-order chi connectivity index (χ1) is 8.08. The largest absolute Gasteiger partial charge is 0.310 e. The van der Waals surface area contributed by atoms with E-state index >= 15 is 0 Å². The normalized spacial score (nSPS) is 14.1. The lowest BCUT2D eigenvalue weighted by atomic mass is 10.00. The van der Waals surface area contributed by atoms with E-state index in [1.165, 1.54) is 17.5 Å². The Bertz CT molecular complexity index is 404. The zero-order chi connectivity index (χ0) is 12.8. The van der Waals surface area contributed by atoms with E-state index in [1.807, 2.05) is 18.2 Å². The van der Waals surface area contributed by atoms with Crippen molar-refractivity contribution in [1.29, 1.82) is 5.26 Å². The minimum Gasteiger partial charge on any atom is -0.310 e. The number of nitriles is 1. The SMILES string of the molecule is CCC(C)C(C)NCc1ccc(C#N)cc1C. The van der Waals surface area contributed by atoms with Crippen LogP contribution in [0.2, 0.25) is 0 Å². The lowest BCUT2D eigenvalue weighted by Crippen LogP contribution is -2.31. The molecule has 0 bridgehead atoms. The highest BCUT2D eigenvalue weighted by atomic mass is 14.9. The van der Waals surface area contributed by atoms with Crippen LogP contribution in [-0.2, 0) is 6.54 Å². The summed E-state index contributed by atoms with van der Waals surface area (Å²) in [6, 6.07) is 8.57. The smallest absolute Gasteiger partial charge is 0.0991 e. The minimum absolute atomic E-state index is 0.523. The standard InChI is InChI=1S/C15H22N2/c1-5-11(2)13(4)17-10-15-7-6-14(9-16)8-12(15)3/h6-8,11,13,17H,5,10H2,1-4H3. The molecule has 0 saturated heterocycles. The highest BCUT2D eigenvalue weighted by Crippen LogP contribution is 2.12. The van der Waals surface area contributed by atoms with Gasteiger partial charge < -0.3 is 5.32 Å². The average Bonchev–Trinajstić information content (AvgIpc) is 2.35. The van der Waals surface area contributed by atoms with Crippen LogP contribution in [0.5, 0.6) is 0 Å². The van der Waals surface area contributed by atoms with Gasteiger partial charge in [0.05, 0.1) is 11.6 Å². The molecule has 2 unspecified atom stereocenters. The monoisotopic (exact) mass is 230 g/mol. The second-order valence-corrected chi connectivity index (χ2v) is 4.81. The summed E-state index contributed by atoms with van der Waals surface area (Å²) in [6.07, 6.45) is 1.19. The molecule has 0 saturated carbocycles. The molecule has 17 heavy (non-hydrogen) atoms. The number of nitrogens with zero attached hydrogens (tertiary/aromatic N) is 1. The Labute approximate surface area is 105 Å². The molecule has 0 amide bonds. The van der Waals surface area contributed by atoms with Gasteiger partial charge in [0.15, 0.2) is 0 Å². The van der Waals surface area contributed by atoms with Crippen molar-refractivity contribution in [3.63, 3.8) is 0 Å². The Kier molecular flexibility index (Phi) is 5.18. The molecule has 0 aromatic heterocycles. The molecule has 1 N–H and O–H groups in total. The molecule has 1 aromatic rings. The summed E-state index contributed by atoms with van der Waals surface area (Å²) in [5.41, 5.74) is 3.20. The molecule has 1 rings (SSSR count). The topological polar surface area (TPSA) is 35.8 Å². The Balaban J connectivity index is 2.61. The summed E-state index contributed by atoms with van der Waals surface area (Å²) in [4.78, 5) is 0. The number of hydrogen-bond donors (Lipinski definition) is 1. The van der Waals surface area contributed by atoms with E-state index in [-0.39, 0.29) is 0 Å². The second kappa shape index (κ2) is 6.42. The number of hydrogen-bond acceptors (Lipinski definition) is 2. The third kappa shape index (κ3) is 3.87. The summed E-state index contributed by atoms with van der Waals surface area (Å²) < 4.78 is 0. The summed E-state index contributed by atoms with van der Waals surface area (Å²) >= 11 is 0. The fourth-order valence-corrected chi connectivity index (χ4v) is 1.79. The van der Waals surface area contributed by atoms with Gasteiger partial charge in [0.1, 0.15) is 0 Å². The van der Waals surface area contributed by atoms with Crippen LogP contribution in [0.15, 0.2) is 18.2 Å². The van der Waals surface area contributed by atoms with E-state index in [4.69, 9.17) is 5.26 Å². The van der Waals surface area contributed by atoms with Crippen LogP contribution >= 0.6 is 0 Å². The van der Waals surface area contributed by atoms with Crippen LogP contribution in [0.1, 0.15) is 43.9 Å². The van der Waals surface area contributed by atoms with Crippen LogP contribution in [0.4, 0.5) is 0 Å². The van der Waals surface area contributed by atoms with Gasteiger partial charge in [-0.05, 0) is 43.0 Å². The quantitative estimate of drug-likeness (QED) is 0.841. The molecule has 0 radical (unpaired) electrons. The average molecular weight is 230 g/mol. The van der Waals surface area contributed by atoms with E-state index in [1.54, 1.807) is 0 Å².